The van der Waals surface area contributed by atoms with Crippen molar-refractivity contribution >= 4 is 70.9 Å². The molecule has 552 valence electrons. The summed E-state index contributed by atoms with van der Waals surface area (Å²) in [6.07, 6.45) is 1.29. The monoisotopic (exact) mass is 1380 g/mol. The molecule has 0 unspecified atom stereocenters. The topological polar surface area (TPSA) is 317 Å². The number of aliphatic hydroxyl groups excluding tert-OH is 1. The molecule has 26 nitrogen and oxygen atoms in total. The molecule has 99 heavy (non-hydrogen) atoms. The minimum atomic E-state index is -1.64. The van der Waals surface area contributed by atoms with E-state index >= 15 is 19.2 Å². The minimum Gasteiger partial charge on any atom is -0.390 e. The fraction of sp³-hybridized carbons (Fsp3) is 0.671. The molecular weight excluding hydrogens is 1270 g/mol. The van der Waals surface area contributed by atoms with Crippen molar-refractivity contribution in [2.75, 3.05) is 68.5 Å². The highest BCUT2D eigenvalue weighted by atomic mass is 16.5. The summed E-state index contributed by atoms with van der Waals surface area (Å²) in [5, 5.41) is 25.7. The highest BCUT2D eigenvalue weighted by Gasteiger charge is 2.43. The zero-order valence-electron chi connectivity index (χ0n) is 62.1. The summed E-state index contributed by atoms with van der Waals surface area (Å²) >= 11 is 0. The summed E-state index contributed by atoms with van der Waals surface area (Å²) in [6.45, 7) is 20.7. The molecule has 11 atom stereocenters. The molecule has 6 N–H and O–H groups in total. The Hall–Kier alpha value is -8.00. The van der Waals surface area contributed by atoms with E-state index in [-0.39, 0.29) is 56.3 Å². The average molecular weight is 1390 g/mol. The van der Waals surface area contributed by atoms with Gasteiger partial charge in [-0.2, -0.15) is 0 Å². The molecule has 2 fully saturated rings. The first-order valence-corrected chi connectivity index (χ1v) is 35.2. The highest BCUT2D eigenvalue weighted by Crippen LogP contribution is 2.22. The smallest absolute Gasteiger partial charge is 0.248 e. The number of likely N-dealkylation sites (N-methyl/N-ethyl adjacent to an activating group) is 6. The fourth-order valence-electron chi connectivity index (χ4n) is 12.2. The quantitative estimate of drug-likeness (QED) is 0.132. The van der Waals surface area contributed by atoms with Gasteiger partial charge in [-0.05, 0) is 108 Å². The first-order chi connectivity index (χ1) is 46.4. The zero-order chi connectivity index (χ0) is 74.3. The second-order valence-corrected chi connectivity index (χ2v) is 29.2. The molecule has 0 aromatic heterocycles. The first kappa shape index (κ1) is 83.4. The summed E-state index contributed by atoms with van der Waals surface area (Å²) in [7, 11) is 8.26. The molecule has 0 spiro atoms. The Morgan fingerprint density at radius 3 is 1.55 bits per heavy atom. The van der Waals surface area contributed by atoms with Gasteiger partial charge in [0.25, 0.3) is 0 Å². The summed E-state index contributed by atoms with van der Waals surface area (Å²) in [6, 6.07) is 3.93. The number of aliphatic hydroxyl groups is 1. The van der Waals surface area contributed by atoms with Gasteiger partial charge in [-0.15, -0.1) is 0 Å². The lowest BCUT2D eigenvalue weighted by molar-refractivity contribution is -0.151. The molecule has 2 heterocycles. The molecule has 26 heteroatoms. The van der Waals surface area contributed by atoms with Crippen molar-refractivity contribution in [2.45, 2.75) is 232 Å². The minimum absolute atomic E-state index is 0.0492. The number of likely N-dealkylation sites (tertiary alicyclic amines) is 1. The van der Waals surface area contributed by atoms with E-state index in [0.717, 1.165) is 21.1 Å². The van der Waals surface area contributed by atoms with Gasteiger partial charge in [0, 0.05) is 68.2 Å². The summed E-state index contributed by atoms with van der Waals surface area (Å²) < 4.78 is 6.17. The SMILES string of the molecule is CCCC[C@@H](O)[C@@H]1NC(=O)[C@H](CC(C)C)N(C)C(=O)[C@H](CC(C)C)NC(=O)[C@H](Cc2ccccc2)N(C)C(=O)[C@@H](C)NC(=O)C[C@@H](C(=O)N2CCCCC2)NC(=O)[C@H](C)N(C)C(=O)[C@H](Cc2ccccc2)N(C)C(=O)[C@H](COC(C)(C)C)NC(=O)[C@H](CC(C)C)N(C)C(=O)CN(C)C1=O. The predicted molar refractivity (Wildman–Crippen MR) is 376 cm³/mol. The Bertz CT molecular complexity index is 3050. The number of hydrogen-bond acceptors (Lipinski definition) is 14. The van der Waals surface area contributed by atoms with E-state index in [2.05, 4.69) is 26.6 Å². The number of carbonyl (C=O) groups excluding carboxylic acids is 12. The van der Waals surface area contributed by atoms with Crippen molar-refractivity contribution in [3.05, 3.63) is 71.8 Å². The van der Waals surface area contributed by atoms with Crippen LogP contribution in [0.15, 0.2) is 60.7 Å². The Morgan fingerprint density at radius 2 is 1.02 bits per heavy atom. The maximum atomic E-state index is 15.2. The van der Waals surface area contributed by atoms with Gasteiger partial charge in [0.1, 0.15) is 60.4 Å². The van der Waals surface area contributed by atoms with Crippen LogP contribution >= 0.6 is 0 Å². The predicted octanol–water partition coefficient (Wildman–Crippen LogP) is 3.45. The van der Waals surface area contributed by atoms with E-state index in [0.29, 0.717) is 49.9 Å². The van der Waals surface area contributed by atoms with E-state index in [9.17, 15) is 43.5 Å². The van der Waals surface area contributed by atoms with E-state index < -0.39 is 163 Å². The Morgan fingerprint density at radius 1 is 0.545 bits per heavy atom. The molecule has 2 aromatic carbocycles. The normalized spacial score (nSPS) is 25.2. The second kappa shape index (κ2) is 39.1. The van der Waals surface area contributed by atoms with Crippen LogP contribution in [-0.4, -0.2) is 251 Å². The standard InChI is InChI=1S/C73H116N12O14/c1-19-20-34-59(86)62-72(98)79(13)43-61(88)81(15)55(38-46(4)5)64(90)77-54(44-99-73(10,11)12)69(95)84(18)58(41-51-32-26-22-27-33-51)71(97)80(14)49(9)63(89)75-53(70(96)85-35-28-23-29-36-85)42-60(87)74-48(8)67(93)82(16)57(40-50-30-24-21-25-31-50)65(91)76-52(37-45(2)3)68(94)83(17)56(39-47(6)7)66(92)78-62/h21-22,24-27,30-33,45-49,52-59,62,86H,19-20,23,28-29,34-44H2,1-18H3,(H,74,87)(H,75,89)(H,76,91)(H,77,90)(H,78,92)/t48-,49+,52+,53+,54+,55+,56+,57+,58+,59-,62+/m1/s1. The number of unbranched alkanes of at least 4 members (excludes halogenated alkanes) is 1. The van der Waals surface area contributed by atoms with Crippen LogP contribution in [0.3, 0.4) is 0 Å². The Labute approximate surface area is 587 Å². The van der Waals surface area contributed by atoms with Crippen molar-refractivity contribution in [3.63, 3.8) is 0 Å². The lowest BCUT2D eigenvalue weighted by atomic mass is 9.97. The van der Waals surface area contributed by atoms with E-state index in [4.69, 9.17) is 4.74 Å². The van der Waals surface area contributed by atoms with Crippen LogP contribution in [0.25, 0.3) is 0 Å². The van der Waals surface area contributed by atoms with E-state index in [1.807, 2.05) is 48.5 Å². The van der Waals surface area contributed by atoms with Crippen molar-refractivity contribution in [3.8, 4) is 0 Å². The number of nitrogens with one attached hydrogen (secondary N) is 5. The number of carbonyl (C=O) groups is 12. The van der Waals surface area contributed by atoms with Crippen LogP contribution in [0.2, 0.25) is 0 Å². The van der Waals surface area contributed by atoms with E-state index in [1.165, 1.54) is 70.8 Å². The number of piperidine rings is 1. The molecule has 0 radical (unpaired) electrons. The third kappa shape index (κ3) is 25.3. The number of benzene rings is 2. The highest BCUT2D eigenvalue weighted by molar-refractivity contribution is 6.00. The number of hydrogen-bond donors (Lipinski definition) is 6. The van der Waals surface area contributed by atoms with Crippen LogP contribution in [0.4, 0.5) is 0 Å². The van der Waals surface area contributed by atoms with Crippen LogP contribution in [0.1, 0.15) is 158 Å². The van der Waals surface area contributed by atoms with Crippen molar-refractivity contribution in [1.82, 2.24) is 60.9 Å². The van der Waals surface area contributed by atoms with Crippen LogP contribution in [-0.2, 0) is 75.1 Å². The van der Waals surface area contributed by atoms with Gasteiger partial charge in [-0.1, -0.05) is 122 Å². The Kier molecular flexibility index (Phi) is 33.0. The number of amides is 12. The molecule has 4 rings (SSSR count). The molecule has 12 amide bonds. The molecule has 0 saturated carbocycles. The van der Waals surface area contributed by atoms with Crippen molar-refractivity contribution < 1.29 is 67.4 Å². The lowest BCUT2D eigenvalue weighted by Gasteiger charge is -2.37. The number of ether oxygens (including phenoxy) is 1. The van der Waals surface area contributed by atoms with Crippen LogP contribution in [0.5, 0.6) is 0 Å². The second-order valence-electron chi connectivity index (χ2n) is 29.2. The average Bonchev–Trinajstić information content (AvgIpc) is 0.821. The van der Waals surface area contributed by atoms with Crippen molar-refractivity contribution in [2.24, 2.45) is 17.8 Å². The molecule has 2 aliphatic rings. The van der Waals surface area contributed by atoms with Gasteiger partial charge in [0.05, 0.1) is 31.3 Å². The molecule has 0 aliphatic carbocycles. The van der Waals surface area contributed by atoms with Gasteiger partial charge in [-0.25, -0.2) is 0 Å². The van der Waals surface area contributed by atoms with Crippen LogP contribution in [0, 0.1) is 17.8 Å². The van der Waals surface area contributed by atoms with Gasteiger partial charge in [0.15, 0.2) is 0 Å². The Balaban J connectivity index is 1.94. The molecule has 2 aliphatic heterocycles. The van der Waals surface area contributed by atoms with Crippen LogP contribution < -0.4 is 26.6 Å². The third-order valence-electron chi connectivity index (χ3n) is 18.3. The maximum Gasteiger partial charge on any atom is 0.248 e. The number of nitrogens with zero attached hydrogens (tertiary/aromatic N) is 7. The number of rotatable bonds is 17. The van der Waals surface area contributed by atoms with Crippen molar-refractivity contribution in [1.29, 1.82) is 0 Å². The van der Waals surface area contributed by atoms with E-state index in [1.54, 1.807) is 86.3 Å². The van der Waals surface area contributed by atoms with Gasteiger partial charge < -0.3 is 70.7 Å². The molecule has 2 aromatic rings. The fourth-order valence-corrected chi connectivity index (χ4v) is 12.2. The summed E-state index contributed by atoms with van der Waals surface area (Å²) in [5.74, 6) is -9.62. The first-order valence-electron chi connectivity index (χ1n) is 35.2. The molecule has 0 bridgehead atoms. The molecular formula is C73H116N12O14. The summed E-state index contributed by atoms with van der Waals surface area (Å²) in [5.41, 5.74) is 0.424. The third-order valence-corrected chi connectivity index (χ3v) is 18.3. The van der Waals surface area contributed by atoms with Gasteiger partial charge >= 0.3 is 0 Å². The summed E-state index contributed by atoms with van der Waals surface area (Å²) in [4.78, 5) is 186. The van der Waals surface area contributed by atoms with Gasteiger partial charge in [-0.3, -0.25) is 57.5 Å². The molecule has 2 saturated heterocycles. The lowest BCUT2D eigenvalue weighted by Crippen LogP contribution is -2.62. The van der Waals surface area contributed by atoms with Gasteiger partial charge in [0.2, 0.25) is 70.9 Å². The largest absolute Gasteiger partial charge is 0.390 e. The maximum absolute atomic E-state index is 15.2. The zero-order valence-corrected chi connectivity index (χ0v) is 62.1.